The number of nitrogens with zero attached hydrogens (tertiary/aromatic N) is 1. The van der Waals surface area contributed by atoms with Crippen LogP contribution in [-0.2, 0) is 9.84 Å². The molecule has 1 aromatic carbocycles. The Balaban J connectivity index is 2.12. The molecule has 1 fully saturated rings. The van der Waals surface area contributed by atoms with Gasteiger partial charge in [-0.05, 0) is 30.7 Å². The van der Waals surface area contributed by atoms with Crippen LogP contribution in [0.25, 0.3) is 0 Å². The minimum absolute atomic E-state index is 0.0782. The van der Waals surface area contributed by atoms with Crippen LogP contribution in [0, 0.1) is 6.92 Å². The van der Waals surface area contributed by atoms with Gasteiger partial charge >= 0.3 is 6.03 Å². The van der Waals surface area contributed by atoms with E-state index >= 15 is 0 Å². The molecule has 6 nitrogen and oxygen atoms in total. The maximum absolute atomic E-state index is 12.2. The van der Waals surface area contributed by atoms with Crippen LogP contribution in [0.3, 0.4) is 0 Å². The topological polar surface area (TPSA) is 92.5 Å². The quantitative estimate of drug-likeness (QED) is 0.781. The third-order valence-corrected chi connectivity index (χ3v) is 4.96. The van der Waals surface area contributed by atoms with E-state index in [1.807, 2.05) is 0 Å². The average molecular weight is 283 g/mol. The number of benzene rings is 1. The van der Waals surface area contributed by atoms with E-state index in [4.69, 9.17) is 5.73 Å². The lowest BCUT2D eigenvalue weighted by molar-refractivity contribution is 0.220. The molecule has 1 aromatic rings. The van der Waals surface area contributed by atoms with Crippen LogP contribution < -0.4 is 11.1 Å². The van der Waals surface area contributed by atoms with E-state index in [1.54, 1.807) is 19.1 Å². The summed E-state index contributed by atoms with van der Waals surface area (Å²) in [7, 11) is -3.40. The van der Waals surface area contributed by atoms with Crippen molar-refractivity contribution in [2.24, 2.45) is 0 Å². The maximum Gasteiger partial charge on any atom is 0.317 e. The van der Waals surface area contributed by atoms with Gasteiger partial charge in [0.15, 0.2) is 9.84 Å². The molecule has 104 valence electrons. The van der Waals surface area contributed by atoms with Crippen molar-refractivity contribution in [1.82, 2.24) is 10.2 Å². The minimum Gasteiger partial charge on any atom is -0.399 e. The molecule has 1 aliphatic heterocycles. The monoisotopic (exact) mass is 283 g/mol. The predicted octanol–water partition coefficient (Wildman–Crippen LogP) is 0.376. The van der Waals surface area contributed by atoms with Crippen molar-refractivity contribution in [3.8, 4) is 0 Å². The summed E-state index contributed by atoms with van der Waals surface area (Å²) in [5.41, 5.74) is 6.77. The molecule has 1 aliphatic rings. The van der Waals surface area contributed by atoms with Gasteiger partial charge in [0.1, 0.15) is 0 Å². The van der Waals surface area contributed by atoms with E-state index in [0.29, 0.717) is 24.3 Å². The smallest absolute Gasteiger partial charge is 0.317 e. The van der Waals surface area contributed by atoms with Crippen LogP contribution in [0.5, 0.6) is 0 Å². The number of urea groups is 1. The van der Waals surface area contributed by atoms with Gasteiger partial charge in [0, 0.05) is 25.3 Å². The molecule has 2 rings (SSSR count). The molecule has 0 atom stereocenters. The molecule has 19 heavy (non-hydrogen) atoms. The second kappa shape index (κ2) is 5.08. The zero-order chi connectivity index (χ0) is 14.0. The number of sulfone groups is 1. The summed E-state index contributed by atoms with van der Waals surface area (Å²) in [5, 5.41) is 2.64. The molecule has 0 bridgehead atoms. The minimum atomic E-state index is -3.40. The number of aryl methyl sites for hydroxylation is 1. The Hall–Kier alpha value is -1.76. The molecule has 1 heterocycles. The van der Waals surface area contributed by atoms with Crippen LogP contribution in [0.4, 0.5) is 10.5 Å². The highest BCUT2D eigenvalue weighted by Crippen LogP contribution is 2.19. The Morgan fingerprint density at radius 2 is 2.16 bits per heavy atom. The Labute approximate surface area is 112 Å². The molecular weight excluding hydrogens is 266 g/mol. The van der Waals surface area contributed by atoms with Gasteiger partial charge in [0.2, 0.25) is 0 Å². The second-order valence-corrected chi connectivity index (χ2v) is 6.64. The average Bonchev–Trinajstić information content (AvgIpc) is 2.72. The van der Waals surface area contributed by atoms with Crippen LogP contribution in [0.1, 0.15) is 5.56 Å². The predicted molar refractivity (Wildman–Crippen MR) is 72.6 cm³/mol. The number of nitrogens with two attached hydrogens (primary N) is 1. The first kappa shape index (κ1) is 13.7. The molecular formula is C12H17N3O3S. The summed E-state index contributed by atoms with van der Waals surface area (Å²) in [6, 6.07) is 4.52. The first-order chi connectivity index (χ1) is 8.90. The number of hydrogen-bond donors (Lipinski definition) is 2. The summed E-state index contributed by atoms with van der Waals surface area (Å²) < 4.78 is 24.5. The van der Waals surface area contributed by atoms with Crippen LogP contribution in [-0.4, -0.2) is 44.7 Å². The molecule has 0 radical (unpaired) electrons. The molecule has 0 aromatic heterocycles. The molecule has 3 N–H and O–H groups in total. The largest absolute Gasteiger partial charge is 0.399 e. The van der Waals surface area contributed by atoms with Gasteiger partial charge in [-0.1, -0.05) is 0 Å². The van der Waals surface area contributed by atoms with E-state index in [9.17, 15) is 13.2 Å². The normalized spacial score (nSPS) is 15.6. The first-order valence-electron chi connectivity index (χ1n) is 6.02. The van der Waals surface area contributed by atoms with Crippen molar-refractivity contribution in [2.75, 3.05) is 31.1 Å². The van der Waals surface area contributed by atoms with E-state index < -0.39 is 9.84 Å². The molecule has 0 spiro atoms. The summed E-state index contributed by atoms with van der Waals surface area (Å²) in [6.45, 7) is 3.04. The number of anilines is 1. The van der Waals surface area contributed by atoms with Crippen LogP contribution in [0.2, 0.25) is 0 Å². The van der Waals surface area contributed by atoms with Crippen molar-refractivity contribution < 1.29 is 13.2 Å². The molecule has 0 unspecified atom stereocenters. The second-order valence-electron chi connectivity index (χ2n) is 4.56. The maximum atomic E-state index is 12.2. The summed E-state index contributed by atoms with van der Waals surface area (Å²) >= 11 is 0. The Morgan fingerprint density at radius 1 is 1.42 bits per heavy atom. The highest BCUT2D eigenvalue weighted by molar-refractivity contribution is 7.91. The zero-order valence-corrected chi connectivity index (χ0v) is 11.5. The third kappa shape index (κ3) is 2.98. The Kier molecular flexibility index (Phi) is 3.66. The van der Waals surface area contributed by atoms with Crippen molar-refractivity contribution in [2.45, 2.75) is 11.8 Å². The van der Waals surface area contributed by atoms with Gasteiger partial charge in [-0.15, -0.1) is 0 Å². The van der Waals surface area contributed by atoms with Gasteiger partial charge in [-0.2, -0.15) is 0 Å². The van der Waals surface area contributed by atoms with E-state index in [1.165, 1.54) is 11.0 Å². The highest BCUT2D eigenvalue weighted by atomic mass is 32.2. The Morgan fingerprint density at radius 3 is 2.74 bits per heavy atom. The Bertz CT molecular complexity index is 598. The molecule has 2 amide bonds. The van der Waals surface area contributed by atoms with E-state index in [-0.39, 0.29) is 23.2 Å². The fourth-order valence-corrected chi connectivity index (χ4v) is 3.59. The zero-order valence-electron chi connectivity index (χ0n) is 10.7. The van der Waals surface area contributed by atoms with Crippen LogP contribution >= 0.6 is 0 Å². The van der Waals surface area contributed by atoms with Crippen molar-refractivity contribution in [3.63, 3.8) is 0 Å². The lowest BCUT2D eigenvalue weighted by Gasteiger charge is -2.14. The van der Waals surface area contributed by atoms with Gasteiger partial charge in [-0.3, -0.25) is 0 Å². The van der Waals surface area contributed by atoms with Gasteiger partial charge in [0.05, 0.1) is 10.6 Å². The highest BCUT2D eigenvalue weighted by Gasteiger charge is 2.23. The van der Waals surface area contributed by atoms with Crippen LogP contribution in [0.15, 0.2) is 23.1 Å². The van der Waals surface area contributed by atoms with Crippen molar-refractivity contribution >= 4 is 21.6 Å². The number of nitrogen functional groups attached to an aromatic ring is 1. The fraction of sp³-hybridized carbons (Fsp3) is 0.417. The third-order valence-electron chi connectivity index (χ3n) is 3.11. The van der Waals surface area contributed by atoms with E-state index in [0.717, 1.165) is 0 Å². The number of nitrogens with one attached hydrogen (secondary N) is 1. The summed E-state index contributed by atoms with van der Waals surface area (Å²) in [4.78, 5) is 13.1. The van der Waals surface area contributed by atoms with E-state index in [2.05, 4.69) is 5.32 Å². The number of carbonyl (C=O) groups is 1. The van der Waals surface area contributed by atoms with Crippen molar-refractivity contribution in [1.29, 1.82) is 0 Å². The number of amides is 2. The fourth-order valence-electron chi connectivity index (χ4n) is 2.09. The van der Waals surface area contributed by atoms with Gasteiger partial charge in [-0.25, -0.2) is 13.2 Å². The molecule has 0 aliphatic carbocycles. The summed E-state index contributed by atoms with van der Waals surface area (Å²) in [5.74, 6) is -0.0782. The van der Waals surface area contributed by atoms with Crippen molar-refractivity contribution in [3.05, 3.63) is 23.8 Å². The number of hydrogen-bond acceptors (Lipinski definition) is 4. The number of carbonyl (C=O) groups excluding carboxylic acids is 1. The lowest BCUT2D eigenvalue weighted by Crippen LogP contribution is -2.32. The molecule has 7 heteroatoms. The lowest BCUT2D eigenvalue weighted by atomic mass is 10.2. The molecule has 1 saturated heterocycles. The number of rotatable bonds is 4. The van der Waals surface area contributed by atoms with Gasteiger partial charge in [0.25, 0.3) is 0 Å². The molecule has 0 saturated carbocycles. The summed E-state index contributed by atoms with van der Waals surface area (Å²) in [6.07, 6.45) is 0. The standard InChI is InChI=1S/C12H17N3O3S/c1-9-8-10(13)2-3-11(9)19(17,18)7-6-15-5-4-14-12(15)16/h2-3,8H,4-7,13H2,1H3,(H,14,16). The SMILES string of the molecule is Cc1cc(N)ccc1S(=O)(=O)CCN1CCNC1=O. The van der Waals surface area contributed by atoms with Gasteiger partial charge < -0.3 is 16.0 Å². The first-order valence-corrected chi connectivity index (χ1v) is 7.67.